The van der Waals surface area contributed by atoms with Crippen molar-refractivity contribution >= 4 is 0 Å². The van der Waals surface area contributed by atoms with Crippen LogP contribution in [-0.2, 0) is 4.74 Å². The Morgan fingerprint density at radius 2 is 1.92 bits per heavy atom. The molecule has 0 saturated carbocycles. The van der Waals surface area contributed by atoms with Gasteiger partial charge in [-0.05, 0) is 5.41 Å². The molecule has 0 amide bonds. The maximum atomic E-state index is 9.55. The Kier molecular flexibility index (Phi) is 3.33. The minimum atomic E-state index is -0.324. The summed E-state index contributed by atoms with van der Waals surface area (Å²) in [7, 11) is 0. The molecule has 1 heterocycles. The molecule has 0 aromatic carbocycles. The van der Waals surface area contributed by atoms with Gasteiger partial charge in [-0.15, -0.1) is 0 Å². The molecule has 1 saturated heterocycles. The molecule has 0 bridgehead atoms. The minimum absolute atomic E-state index is 0.00361. The number of hydrogen-bond donors (Lipinski definition) is 2. The number of aliphatic hydroxyl groups excluding tert-OH is 2. The minimum Gasteiger partial charge on any atom is -0.394 e. The van der Waals surface area contributed by atoms with Gasteiger partial charge in [0.15, 0.2) is 0 Å². The Morgan fingerprint density at radius 3 is 2.38 bits per heavy atom. The molecule has 3 heteroatoms. The third kappa shape index (κ3) is 2.93. The van der Waals surface area contributed by atoms with Crippen molar-refractivity contribution < 1.29 is 14.9 Å². The van der Waals surface area contributed by atoms with Gasteiger partial charge >= 0.3 is 0 Å². The van der Waals surface area contributed by atoms with E-state index in [1.807, 2.05) is 0 Å². The zero-order chi connectivity index (χ0) is 10.1. The van der Waals surface area contributed by atoms with E-state index < -0.39 is 0 Å². The molecule has 1 aliphatic heterocycles. The Labute approximate surface area is 79.7 Å². The predicted octanol–water partition coefficient (Wildman–Crippen LogP) is 0.933. The second-order valence-corrected chi connectivity index (χ2v) is 4.92. The molecule has 0 spiro atoms. The van der Waals surface area contributed by atoms with Gasteiger partial charge in [0.05, 0.1) is 24.9 Å². The summed E-state index contributed by atoms with van der Waals surface area (Å²) in [6.45, 7) is 6.27. The normalized spacial score (nSPS) is 36.2. The van der Waals surface area contributed by atoms with E-state index in [4.69, 9.17) is 9.84 Å². The van der Waals surface area contributed by atoms with Crippen molar-refractivity contribution in [1.82, 2.24) is 0 Å². The predicted molar refractivity (Wildman–Crippen MR) is 50.4 cm³/mol. The van der Waals surface area contributed by atoms with Crippen LogP contribution in [-0.4, -0.2) is 35.1 Å². The quantitative estimate of drug-likeness (QED) is 0.643. The summed E-state index contributed by atoms with van der Waals surface area (Å²) in [6, 6.07) is 0. The average Bonchev–Trinajstić information content (AvgIpc) is 2.01. The first-order valence-electron chi connectivity index (χ1n) is 4.88. The van der Waals surface area contributed by atoms with E-state index in [1.54, 1.807) is 0 Å². The molecule has 0 aliphatic carbocycles. The first-order chi connectivity index (χ1) is 5.93. The lowest BCUT2D eigenvalue weighted by Crippen LogP contribution is -2.43. The van der Waals surface area contributed by atoms with Gasteiger partial charge in [0.25, 0.3) is 0 Å². The maximum Gasteiger partial charge on any atom is 0.0834 e. The molecular weight excluding hydrogens is 168 g/mol. The van der Waals surface area contributed by atoms with Gasteiger partial charge in [0.1, 0.15) is 0 Å². The molecule has 78 valence electrons. The molecule has 2 N–H and O–H groups in total. The SMILES string of the molecule is CC(C)(C)C1CC(O)CC(CO)O1. The van der Waals surface area contributed by atoms with E-state index in [1.165, 1.54) is 0 Å². The van der Waals surface area contributed by atoms with Crippen molar-refractivity contribution in [2.45, 2.75) is 51.9 Å². The van der Waals surface area contributed by atoms with E-state index in [2.05, 4.69) is 20.8 Å². The first kappa shape index (κ1) is 11.0. The summed E-state index contributed by atoms with van der Waals surface area (Å²) >= 11 is 0. The van der Waals surface area contributed by atoms with Crippen LogP contribution in [0.2, 0.25) is 0 Å². The van der Waals surface area contributed by atoms with Crippen LogP contribution in [0.3, 0.4) is 0 Å². The van der Waals surface area contributed by atoms with E-state index in [0.717, 1.165) is 0 Å². The zero-order valence-electron chi connectivity index (χ0n) is 8.66. The van der Waals surface area contributed by atoms with Crippen LogP contribution in [0.25, 0.3) is 0 Å². The lowest BCUT2D eigenvalue weighted by molar-refractivity contribution is -0.146. The van der Waals surface area contributed by atoms with Crippen LogP contribution in [0.15, 0.2) is 0 Å². The van der Waals surface area contributed by atoms with Gasteiger partial charge in [0, 0.05) is 12.8 Å². The largest absolute Gasteiger partial charge is 0.394 e. The molecule has 13 heavy (non-hydrogen) atoms. The van der Waals surface area contributed by atoms with Gasteiger partial charge in [-0.3, -0.25) is 0 Å². The third-order valence-corrected chi connectivity index (χ3v) is 2.55. The molecule has 0 radical (unpaired) electrons. The van der Waals surface area contributed by atoms with Crippen molar-refractivity contribution in [1.29, 1.82) is 0 Å². The number of rotatable bonds is 1. The Balaban J connectivity index is 2.57. The highest BCUT2D eigenvalue weighted by molar-refractivity contribution is 4.84. The fourth-order valence-corrected chi connectivity index (χ4v) is 1.67. The van der Waals surface area contributed by atoms with Crippen molar-refractivity contribution in [3.63, 3.8) is 0 Å². The average molecular weight is 188 g/mol. The summed E-state index contributed by atoms with van der Waals surface area (Å²) in [6.07, 6.45) is 0.778. The molecule has 3 nitrogen and oxygen atoms in total. The number of hydrogen-bond acceptors (Lipinski definition) is 3. The van der Waals surface area contributed by atoms with Crippen molar-refractivity contribution in [3.05, 3.63) is 0 Å². The van der Waals surface area contributed by atoms with Crippen LogP contribution in [0.5, 0.6) is 0 Å². The Bertz CT molecular complexity index is 162. The third-order valence-electron chi connectivity index (χ3n) is 2.55. The summed E-state index contributed by atoms with van der Waals surface area (Å²) in [5.41, 5.74) is 0.0365. The highest BCUT2D eigenvalue weighted by Gasteiger charge is 2.34. The van der Waals surface area contributed by atoms with E-state index in [9.17, 15) is 5.11 Å². The molecule has 1 fully saturated rings. The zero-order valence-corrected chi connectivity index (χ0v) is 8.66. The van der Waals surface area contributed by atoms with Crippen molar-refractivity contribution in [2.75, 3.05) is 6.61 Å². The van der Waals surface area contributed by atoms with Crippen molar-refractivity contribution in [3.8, 4) is 0 Å². The second-order valence-electron chi connectivity index (χ2n) is 4.92. The topological polar surface area (TPSA) is 49.7 Å². The summed E-state index contributed by atoms with van der Waals surface area (Å²) < 4.78 is 5.66. The molecule has 0 aromatic heterocycles. The van der Waals surface area contributed by atoms with Gasteiger partial charge in [0.2, 0.25) is 0 Å². The van der Waals surface area contributed by atoms with Crippen LogP contribution in [0.4, 0.5) is 0 Å². The first-order valence-corrected chi connectivity index (χ1v) is 4.88. The highest BCUT2D eigenvalue weighted by Crippen LogP contribution is 2.31. The summed E-state index contributed by atoms with van der Waals surface area (Å²) in [5, 5.41) is 18.5. The molecule has 3 atom stereocenters. The molecular formula is C10H20O3. The second kappa shape index (κ2) is 3.95. The van der Waals surface area contributed by atoms with Gasteiger partial charge in [-0.2, -0.15) is 0 Å². The standard InChI is InChI=1S/C10H20O3/c1-10(2,3)9-5-7(12)4-8(6-11)13-9/h7-9,11-12H,4-6H2,1-3H3. The molecule has 3 unspecified atom stereocenters. The lowest BCUT2D eigenvalue weighted by Gasteiger charge is -2.39. The van der Waals surface area contributed by atoms with Gasteiger partial charge < -0.3 is 14.9 Å². The summed E-state index contributed by atoms with van der Waals surface area (Å²) in [4.78, 5) is 0. The number of ether oxygens (including phenoxy) is 1. The monoisotopic (exact) mass is 188 g/mol. The highest BCUT2D eigenvalue weighted by atomic mass is 16.5. The summed E-state index contributed by atoms with van der Waals surface area (Å²) in [5.74, 6) is 0. The van der Waals surface area contributed by atoms with Crippen molar-refractivity contribution in [2.24, 2.45) is 5.41 Å². The van der Waals surface area contributed by atoms with Crippen LogP contribution in [0, 0.1) is 5.41 Å². The lowest BCUT2D eigenvalue weighted by atomic mass is 9.83. The molecule has 0 aromatic rings. The van der Waals surface area contributed by atoms with Gasteiger partial charge in [-0.25, -0.2) is 0 Å². The van der Waals surface area contributed by atoms with Crippen LogP contribution in [0.1, 0.15) is 33.6 Å². The van der Waals surface area contributed by atoms with Crippen LogP contribution >= 0.6 is 0 Å². The number of aliphatic hydroxyl groups is 2. The molecule has 1 aliphatic rings. The fraction of sp³-hybridized carbons (Fsp3) is 1.00. The van der Waals surface area contributed by atoms with Crippen LogP contribution < -0.4 is 0 Å². The maximum absolute atomic E-state index is 9.55. The smallest absolute Gasteiger partial charge is 0.0834 e. The Hall–Kier alpha value is -0.120. The van der Waals surface area contributed by atoms with E-state index in [0.29, 0.717) is 12.8 Å². The Morgan fingerprint density at radius 1 is 1.31 bits per heavy atom. The van der Waals surface area contributed by atoms with Gasteiger partial charge in [-0.1, -0.05) is 20.8 Å². The van der Waals surface area contributed by atoms with E-state index in [-0.39, 0.29) is 30.3 Å². The molecule has 1 rings (SSSR count). The fourth-order valence-electron chi connectivity index (χ4n) is 1.67. The van der Waals surface area contributed by atoms with E-state index >= 15 is 0 Å².